The number of benzene rings is 2. The van der Waals surface area contributed by atoms with Crippen molar-refractivity contribution in [3.63, 3.8) is 0 Å². The minimum absolute atomic E-state index is 0.940. The van der Waals surface area contributed by atoms with Crippen molar-refractivity contribution >= 4 is 37.7 Å². The van der Waals surface area contributed by atoms with E-state index in [0.29, 0.717) is 0 Å². The Morgan fingerprint density at radius 2 is 1.75 bits per heavy atom. The van der Waals surface area contributed by atoms with Crippen LogP contribution in [0.25, 0.3) is 33.1 Å². The molecule has 0 aliphatic carbocycles. The number of para-hydroxylation sites is 2. The summed E-state index contributed by atoms with van der Waals surface area (Å²) in [6.07, 6.45) is 1.82. The SMILES string of the molecule is Brc1cccc2c(-c3cccc4cccnc34)[nH]nc12. The van der Waals surface area contributed by atoms with Crippen LogP contribution in [0.1, 0.15) is 0 Å². The molecule has 0 bridgehead atoms. The van der Waals surface area contributed by atoms with Gasteiger partial charge in [-0.2, -0.15) is 5.10 Å². The van der Waals surface area contributed by atoms with Crippen LogP contribution in [-0.4, -0.2) is 15.2 Å². The summed E-state index contributed by atoms with van der Waals surface area (Å²) >= 11 is 3.53. The van der Waals surface area contributed by atoms with Crippen molar-refractivity contribution in [3.8, 4) is 11.3 Å². The van der Waals surface area contributed by atoms with Crippen LogP contribution in [0.4, 0.5) is 0 Å². The van der Waals surface area contributed by atoms with Gasteiger partial charge in [0.05, 0.1) is 11.2 Å². The minimum atomic E-state index is 0.940. The molecule has 3 nitrogen and oxygen atoms in total. The number of halogens is 1. The Balaban J connectivity index is 2.09. The number of H-pyrrole nitrogens is 1. The lowest BCUT2D eigenvalue weighted by molar-refractivity contribution is 1.12. The van der Waals surface area contributed by atoms with Gasteiger partial charge in [0.2, 0.25) is 0 Å². The van der Waals surface area contributed by atoms with Crippen molar-refractivity contribution in [1.82, 2.24) is 15.2 Å². The Bertz CT molecular complexity index is 922. The molecule has 0 saturated carbocycles. The van der Waals surface area contributed by atoms with Gasteiger partial charge in [0.25, 0.3) is 0 Å². The molecule has 4 heteroatoms. The number of aromatic nitrogens is 3. The van der Waals surface area contributed by atoms with Gasteiger partial charge in [-0.25, -0.2) is 0 Å². The molecule has 0 radical (unpaired) electrons. The molecule has 0 aliphatic heterocycles. The van der Waals surface area contributed by atoms with Gasteiger partial charge in [-0.3, -0.25) is 10.1 Å². The maximum absolute atomic E-state index is 4.51. The van der Waals surface area contributed by atoms with Crippen molar-refractivity contribution in [2.24, 2.45) is 0 Å². The van der Waals surface area contributed by atoms with Crippen LogP contribution in [0, 0.1) is 0 Å². The molecular weight excluding hydrogens is 314 g/mol. The molecule has 96 valence electrons. The van der Waals surface area contributed by atoms with Crippen molar-refractivity contribution in [2.45, 2.75) is 0 Å². The highest BCUT2D eigenvalue weighted by Crippen LogP contribution is 2.33. The first kappa shape index (κ1) is 11.6. The van der Waals surface area contributed by atoms with E-state index in [1.165, 1.54) is 0 Å². The molecule has 2 aromatic heterocycles. The highest BCUT2D eigenvalue weighted by molar-refractivity contribution is 9.10. The summed E-state index contributed by atoms with van der Waals surface area (Å²) in [5, 5.41) is 9.77. The van der Waals surface area contributed by atoms with E-state index in [2.05, 4.69) is 55.4 Å². The summed E-state index contributed by atoms with van der Waals surface area (Å²) in [7, 11) is 0. The zero-order valence-electron chi connectivity index (χ0n) is 10.5. The fourth-order valence-corrected chi connectivity index (χ4v) is 2.97. The Morgan fingerprint density at radius 1 is 0.900 bits per heavy atom. The van der Waals surface area contributed by atoms with Crippen molar-refractivity contribution in [1.29, 1.82) is 0 Å². The van der Waals surface area contributed by atoms with E-state index in [-0.39, 0.29) is 0 Å². The van der Waals surface area contributed by atoms with Crippen LogP contribution in [0.3, 0.4) is 0 Å². The topological polar surface area (TPSA) is 41.6 Å². The van der Waals surface area contributed by atoms with Crippen LogP contribution >= 0.6 is 15.9 Å². The predicted molar refractivity (Wildman–Crippen MR) is 84.5 cm³/mol. The molecule has 0 spiro atoms. The van der Waals surface area contributed by atoms with E-state index in [1.807, 2.05) is 30.5 Å². The number of nitrogens with one attached hydrogen (secondary N) is 1. The largest absolute Gasteiger partial charge is 0.276 e. The van der Waals surface area contributed by atoms with E-state index < -0.39 is 0 Å². The molecule has 0 amide bonds. The summed E-state index contributed by atoms with van der Waals surface area (Å²) in [6.45, 7) is 0. The van der Waals surface area contributed by atoms with Gasteiger partial charge in [-0.1, -0.05) is 36.4 Å². The summed E-state index contributed by atoms with van der Waals surface area (Å²) in [4.78, 5) is 4.51. The molecule has 1 N–H and O–H groups in total. The van der Waals surface area contributed by atoms with Crippen LogP contribution in [0.5, 0.6) is 0 Å². The van der Waals surface area contributed by atoms with Crippen molar-refractivity contribution in [2.75, 3.05) is 0 Å². The Morgan fingerprint density at radius 3 is 2.70 bits per heavy atom. The van der Waals surface area contributed by atoms with E-state index >= 15 is 0 Å². The number of pyridine rings is 1. The smallest absolute Gasteiger partial charge is 0.107 e. The third-order valence-electron chi connectivity index (χ3n) is 3.44. The zero-order chi connectivity index (χ0) is 13.5. The summed E-state index contributed by atoms with van der Waals surface area (Å²) in [6, 6.07) is 16.3. The second-order valence-corrected chi connectivity index (χ2v) is 5.47. The molecule has 2 heterocycles. The van der Waals surface area contributed by atoms with Gasteiger partial charge in [-0.05, 0) is 28.1 Å². The zero-order valence-corrected chi connectivity index (χ0v) is 12.1. The molecule has 0 atom stereocenters. The molecular formula is C16H10BrN3. The number of hydrogen-bond acceptors (Lipinski definition) is 2. The Hall–Kier alpha value is -2.20. The van der Waals surface area contributed by atoms with Crippen LogP contribution in [-0.2, 0) is 0 Å². The molecule has 4 rings (SSSR count). The first-order valence-corrected chi connectivity index (χ1v) is 7.10. The second-order valence-electron chi connectivity index (χ2n) is 4.62. The lowest BCUT2D eigenvalue weighted by Crippen LogP contribution is -1.85. The summed E-state index contributed by atoms with van der Waals surface area (Å²) in [5.74, 6) is 0. The van der Waals surface area contributed by atoms with E-state index in [9.17, 15) is 0 Å². The molecule has 4 aromatic rings. The normalized spacial score (nSPS) is 11.2. The molecule has 0 fully saturated rings. The van der Waals surface area contributed by atoms with Crippen molar-refractivity contribution < 1.29 is 0 Å². The van der Waals surface area contributed by atoms with E-state index in [4.69, 9.17) is 0 Å². The molecule has 0 unspecified atom stereocenters. The van der Waals surface area contributed by atoms with E-state index in [1.54, 1.807) is 0 Å². The van der Waals surface area contributed by atoms with E-state index in [0.717, 1.165) is 37.5 Å². The fraction of sp³-hybridized carbons (Fsp3) is 0. The van der Waals surface area contributed by atoms with Gasteiger partial charge in [-0.15, -0.1) is 0 Å². The highest BCUT2D eigenvalue weighted by Gasteiger charge is 2.12. The summed E-state index contributed by atoms with van der Waals surface area (Å²) in [5.41, 5.74) is 4.00. The second kappa shape index (κ2) is 4.42. The van der Waals surface area contributed by atoms with Crippen molar-refractivity contribution in [3.05, 3.63) is 59.2 Å². The van der Waals surface area contributed by atoms with Gasteiger partial charge >= 0.3 is 0 Å². The van der Waals surface area contributed by atoms with Gasteiger partial charge in [0.15, 0.2) is 0 Å². The maximum Gasteiger partial charge on any atom is 0.107 e. The number of rotatable bonds is 1. The molecule has 0 saturated heterocycles. The molecule has 20 heavy (non-hydrogen) atoms. The number of fused-ring (bicyclic) bond motifs is 2. The Kier molecular flexibility index (Phi) is 2.57. The summed E-state index contributed by atoms with van der Waals surface area (Å²) < 4.78 is 0.991. The first-order valence-electron chi connectivity index (χ1n) is 6.31. The third-order valence-corrected chi connectivity index (χ3v) is 4.08. The lowest BCUT2D eigenvalue weighted by Gasteiger charge is -2.04. The first-order chi connectivity index (χ1) is 9.84. The van der Waals surface area contributed by atoms with Gasteiger partial charge in [0, 0.05) is 27.0 Å². The fourth-order valence-electron chi connectivity index (χ4n) is 2.51. The molecule has 2 aromatic carbocycles. The quantitative estimate of drug-likeness (QED) is 0.558. The lowest BCUT2D eigenvalue weighted by atomic mass is 10.0. The standard InChI is InChI=1S/C16H10BrN3/c17-13-8-2-7-12-15(19-20-16(12)13)11-6-1-4-10-5-3-9-18-14(10)11/h1-9H,(H,19,20). The van der Waals surface area contributed by atoms with Gasteiger partial charge in [0.1, 0.15) is 5.52 Å². The van der Waals surface area contributed by atoms with Crippen LogP contribution in [0.15, 0.2) is 59.2 Å². The van der Waals surface area contributed by atoms with Gasteiger partial charge < -0.3 is 0 Å². The Labute approximate surface area is 123 Å². The van der Waals surface area contributed by atoms with Crippen LogP contribution in [0.2, 0.25) is 0 Å². The number of aromatic amines is 1. The van der Waals surface area contributed by atoms with Crippen LogP contribution < -0.4 is 0 Å². The number of hydrogen-bond donors (Lipinski definition) is 1. The molecule has 0 aliphatic rings. The maximum atomic E-state index is 4.51. The average Bonchev–Trinajstić information content (AvgIpc) is 2.92. The average molecular weight is 324 g/mol. The predicted octanol–water partition coefficient (Wildman–Crippen LogP) is 4.54. The minimum Gasteiger partial charge on any atom is -0.276 e. The highest BCUT2D eigenvalue weighted by atomic mass is 79.9. The number of nitrogens with zero attached hydrogens (tertiary/aromatic N) is 2. The third kappa shape index (κ3) is 1.65. The monoisotopic (exact) mass is 323 g/mol.